The molecule has 0 amide bonds. The SMILES string of the molecule is CCc1noc2cc(OC3CCN(C)CC3)ccc12. The van der Waals surface area contributed by atoms with Crippen LogP contribution in [0.4, 0.5) is 0 Å². The Labute approximate surface area is 113 Å². The van der Waals surface area contributed by atoms with E-state index in [0.29, 0.717) is 6.10 Å². The molecular weight excluding hydrogens is 240 g/mol. The lowest BCUT2D eigenvalue weighted by molar-refractivity contribution is 0.114. The topological polar surface area (TPSA) is 38.5 Å². The minimum Gasteiger partial charge on any atom is -0.490 e. The van der Waals surface area contributed by atoms with Crippen LogP contribution >= 0.6 is 0 Å². The summed E-state index contributed by atoms with van der Waals surface area (Å²) in [5.41, 5.74) is 1.84. The summed E-state index contributed by atoms with van der Waals surface area (Å²) in [7, 11) is 2.16. The molecule has 0 atom stereocenters. The van der Waals surface area contributed by atoms with Gasteiger partial charge in [0.05, 0.1) is 5.69 Å². The summed E-state index contributed by atoms with van der Waals surface area (Å²) in [6.45, 7) is 4.30. The van der Waals surface area contributed by atoms with Crippen molar-refractivity contribution < 1.29 is 9.26 Å². The van der Waals surface area contributed by atoms with Crippen LogP contribution in [0.3, 0.4) is 0 Å². The predicted octanol–water partition coefficient (Wildman–Crippen LogP) is 2.86. The van der Waals surface area contributed by atoms with Crippen molar-refractivity contribution in [3.63, 3.8) is 0 Å². The third kappa shape index (κ3) is 2.59. The monoisotopic (exact) mass is 260 g/mol. The van der Waals surface area contributed by atoms with Gasteiger partial charge < -0.3 is 14.2 Å². The second kappa shape index (κ2) is 5.21. The van der Waals surface area contributed by atoms with Crippen molar-refractivity contribution in [1.29, 1.82) is 0 Å². The number of benzene rings is 1. The molecular formula is C15H20N2O2. The molecule has 0 spiro atoms. The molecule has 0 N–H and O–H groups in total. The maximum absolute atomic E-state index is 6.04. The second-order valence-electron chi connectivity index (χ2n) is 5.26. The summed E-state index contributed by atoms with van der Waals surface area (Å²) in [6.07, 6.45) is 3.39. The van der Waals surface area contributed by atoms with Crippen LogP contribution in [0, 0.1) is 0 Å². The van der Waals surface area contributed by atoms with E-state index in [2.05, 4.69) is 30.1 Å². The number of fused-ring (bicyclic) bond motifs is 1. The molecule has 0 saturated carbocycles. The normalized spacial score (nSPS) is 18.0. The number of aromatic nitrogens is 1. The highest BCUT2D eigenvalue weighted by molar-refractivity contribution is 5.80. The van der Waals surface area contributed by atoms with Gasteiger partial charge in [-0.15, -0.1) is 0 Å². The highest BCUT2D eigenvalue weighted by Gasteiger charge is 2.18. The molecule has 4 heteroatoms. The number of aryl methyl sites for hydroxylation is 1. The zero-order valence-corrected chi connectivity index (χ0v) is 11.6. The van der Waals surface area contributed by atoms with Gasteiger partial charge in [-0.2, -0.15) is 0 Å². The van der Waals surface area contributed by atoms with Crippen LogP contribution in [0.25, 0.3) is 11.0 Å². The average Bonchev–Trinajstić information content (AvgIpc) is 2.83. The smallest absolute Gasteiger partial charge is 0.170 e. The predicted molar refractivity (Wildman–Crippen MR) is 74.5 cm³/mol. The van der Waals surface area contributed by atoms with Crippen molar-refractivity contribution in [2.45, 2.75) is 32.3 Å². The number of ether oxygens (including phenoxy) is 1. The standard InChI is InChI=1S/C15H20N2O2/c1-3-14-13-5-4-12(10-15(13)19-16-14)18-11-6-8-17(2)9-7-11/h4-5,10-11H,3,6-9H2,1-2H3. The Morgan fingerprint density at radius 3 is 2.89 bits per heavy atom. The minimum absolute atomic E-state index is 0.321. The lowest BCUT2D eigenvalue weighted by Crippen LogP contribution is -2.35. The van der Waals surface area contributed by atoms with E-state index in [-0.39, 0.29) is 0 Å². The molecule has 1 aromatic heterocycles. The van der Waals surface area contributed by atoms with E-state index in [1.165, 1.54) is 0 Å². The van der Waals surface area contributed by atoms with E-state index in [9.17, 15) is 0 Å². The van der Waals surface area contributed by atoms with Crippen LogP contribution in [0.1, 0.15) is 25.5 Å². The van der Waals surface area contributed by atoms with Crippen molar-refractivity contribution >= 4 is 11.0 Å². The van der Waals surface area contributed by atoms with Gasteiger partial charge in [-0.1, -0.05) is 12.1 Å². The molecule has 1 saturated heterocycles. The van der Waals surface area contributed by atoms with Gasteiger partial charge in [0, 0.05) is 24.5 Å². The summed E-state index contributed by atoms with van der Waals surface area (Å²) in [6, 6.07) is 6.03. The molecule has 1 aromatic carbocycles. The molecule has 1 aliphatic rings. The molecule has 4 nitrogen and oxygen atoms in total. The summed E-state index contributed by atoms with van der Waals surface area (Å²) < 4.78 is 11.4. The van der Waals surface area contributed by atoms with Gasteiger partial charge >= 0.3 is 0 Å². The Hall–Kier alpha value is -1.55. The van der Waals surface area contributed by atoms with Crippen molar-refractivity contribution in [2.75, 3.05) is 20.1 Å². The number of nitrogens with zero attached hydrogens (tertiary/aromatic N) is 2. The van der Waals surface area contributed by atoms with Crippen LogP contribution < -0.4 is 4.74 Å². The lowest BCUT2D eigenvalue weighted by atomic mass is 10.1. The van der Waals surface area contributed by atoms with Crippen LogP contribution in [0.2, 0.25) is 0 Å². The quantitative estimate of drug-likeness (QED) is 0.850. The van der Waals surface area contributed by atoms with Crippen molar-refractivity contribution in [3.8, 4) is 5.75 Å². The Bertz CT molecular complexity index is 556. The molecule has 0 aliphatic carbocycles. The lowest BCUT2D eigenvalue weighted by Gasteiger charge is -2.29. The Balaban J connectivity index is 1.74. The van der Waals surface area contributed by atoms with Gasteiger partial charge in [0.25, 0.3) is 0 Å². The fourth-order valence-electron chi connectivity index (χ4n) is 2.59. The summed E-state index contributed by atoms with van der Waals surface area (Å²) in [5.74, 6) is 0.890. The average molecular weight is 260 g/mol. The Kier molecular flexibility index (Phi) is 3.42. The van der Waals surface area contributed by atoms with Crippen LogP contribution in [-0.2, 0) is 6.42 Å². The fraction of sp³-hybridized carbons (Fsp3) is 0.533. The summed E-state index contributed by atoms with van der Waals surface area (Å²) >= 11 is 0. The Morgan fingerprint density at radius 1 is 1.37 bits per heavy atom. The molecule has 102 valence electrons. The van der Waals surface area contributed by atoms with E-state index < -0.39 is 0 Å². The maximum atomic E-state index is 6.04. The number of hydrogen-bond donors (Lipinski definition) is 0. The first-order valence-corrected chi connectivity index (χ1v) is 6.99. The van der Waals surface area contributed by atoms with Crippen molar-refractivity contribution in [2.24, 2.45) is 0 Å². The molecule has 1 aliphatic heterocycles. The molecule has 1 fully saturated rings. The van der Waals surface area contributed by atoms with Crippen molar-refractivity contribution in [3.05, 3.63) is 23.9 Å². The van der Waals surface area contributed by atoms with Gasteiger partial charge in [0.1, 0.15) is 11.9 Å². The number of piperidine rings is 1. The van der Waals surface area contributed by atoms with E-state index in [1.54, 1.807) is 0 Å². The molecule has 0 unspecified atom stereocenters. The zero-order valence-electron chi connectivity index (χ0n) is 11.6. The Morgan fingerprint density at radius 2 is 2.16 bits per heavy atom. The van der Waals surface area contributed by atoms with Gasteiger partial charge in [0.15, 0.2) is 5.58 Å². The van der Waals surface area contributed by atoms with Crippen LogP contribution in [0.5, 0.6) is 5.75 Å². The number of likely N-dealkylation sites (tertiary alicyclic amines) is 1. The zero-order chi connectivity index (χ0) is 13.2. The number of hydrogen-bond acceptors (Lipinski definition) is 4. The van der Waals surface area contributed by atoms with E-state index in [1.807, 2.05) is 12.1 Å². The fourth-order valence-corrected chi connectivity index (χ4v) is 2.59. The number of rotatable bonds is 3. The van der Waals surface area contributed by atoms with Crippen molar-refractivity contribution in [1.82, 2.24) is 10.1 Å². The first-order valence-electron chi connectivity index (χ1n) is 6.99. The van der Waals surface area contributed by atoms with Gasteiger partial charge in [-0.3, -0.25) is 0 Å². The largest absolute Gasteiger partial charge is 0.490 e. The molecule has 0 bridgehead atoms. The maximum Gasteiger partial charge on any atom is 0.170 e. The summed E-state index contributed by atoms with van der Waals surface area (Å²) in [4.78, 5) is 2.34. The first-order chi connectivity index (χ1) is 9.26. The first kappa shape index (κ1) is 12.5. The van der Waals surface area contributed by atoms with Gasteiger partial charge in [0.2, 0.25) is 0 Å². The molecule has 2 aromatic rings. The molecule has 3 rings (SSSR count). The minimum atomic E-state index is 0.321. The van der Waals surface area contributed by atoms with E-state index >= 15 is 0 Å². The second-order valence-corrected chi connectivity index (χ2v) is 5.26. The third-order valence-electron chi connectivity index (χ3n) is 3.82. The van der Waals surface area contributed by atoms with Gasteiger partial charge in [-0.25, -0.2) is 0 Å². The van der Waals surface area contributed by atoms with E-state index in [0.717, 1.165) is 54.8 Å². The highest BCUT2D eigenvalue weighted by Crippen LogP contribution is 2.26. The van der Waals surface area contributed by atoms with Crippen LogP contribution in [0.15, 0.2) is 22.7 Å². The summed E-state index contributed by atoms with van der Waals surface area (Å²) in [5, 5.41) is 5.17. The van der Waals surface area contributed by atoms with Crippen LogP contribution in [-0.4, -0.2) is 36.3 Å². The van der Waals surface area contributed by atoms with Gasteiger partial charge in [-0.05, 0) is 38.4 Å². The third-order valence-corrected chi connectivity index (χ3v) is 3.82. The van der Waals surface area contributed by atoms with E-state index in [4.69, 9.17) is 9.26 Å². The highest BCUT2D eigenvalue weighted by atomic mass is 16.5. The molecule has 2 heterocycles. The molecule has 0 radical (unpaired) electrons. The molecule has 19 heavy (non-hydrogen) atoms.